The molecule has 0 spiro atoms. The van der Waals surface area contributed by atoms with Crippen molar-refractivity contribution in [2.24, 2.45) is 0 Å². The van der Waals surface area contributed by atoms with Gasteiger partial charge in [0.2, 0.25) is 5.91 Å². The summed E-state index contributed by atoms with van der Waals surface area (Å²) in [7, 11) is 0. The Hall–Kier alpha value is -1.20. The van der Waals surface area contributed by atoms with Crippen molar-refractivity contribution in [2.45, 2.75) is 24.0 Å². The Morgan fingerprint density at radius 2 is 2.16 bits per heavy atom. The van der Waals surface area contributed by atoms with Crippen LogP contribution >= 0.6 is 23.4 Å². The van der Waals surface area contributed by atoms with E-state index in [0.717, 1.165) is 5.56 Å². The van der Waals surface area contributed by atoms with Crippen LogP contribution in [0.15, 0.2) is 24.3 Å². The molecular weight excluding hydrogens is 286 g/mol. The van der Waals surface area contributed by atoms with E-state index in [4.69, 9.17) is 11.6 Å². The number of aliphatic carboxylic acids is 1. The lowest BCUT2D eigenvalue weighted by Gasteiger charge is -2.25. The summed E-state index contributed by atoms with van der Waals surface area (Å²) in [5, 5.41) is 10.7. The highest BCUT2D eigenvalue weighted by Gasteiger charge is 2.38. The van der Waals surface area contributed by atoms with Gasteiger partial charge < -0.3 is 14.8 Å². The van der Waals surface area contributed by atoms with Crippen LogP contribution in [0, 0.1) is 0 Å². The van der Waals surface area contributed by atoms with Crippen molar-refractivity contribution in [1.82, 2.24) is 4.90 Å². The number of carboxylic acids is 1. The van der Waals surface area contributed by atoms with E-state index in [-0.39, 0.29) is 29.5 Å². The van der Waals surface area contributed by atoms with Gasteiger partial charge in [0.05, 0.1) is 5.25 Å². The van der Waals surface area contributed by atoms with E-state index in [1.54, 1.807) is 11.0 Å². The second kappa shape index (κ2) is 5.84. The van der Waals surface area contributed by atoms with E-state index in [0.29, 0.717) is 5.02 Å². The van der Waals surface area contributed by atoms with Crippen LogP contribution in [-0.2, 0) is 9.59 Å². The molecular formula is C13H13ClNO3S-. The van der Waals surface area contributed by atoms with Crippen LogP contribution in [0.2, 0.25) is 5.02 Å². The van der Waals surface area contributed by atoms with Crippen molar-refractivity contribution in [3.8, 4) is 0 Å². The first kappa shape index (κ1) is 14.2. The second-order valence-electron chi connectivity index (χ2n) is 4.31. The monoisotopic (exact) mass is 298 g/mol. The zero-order valence-corrected chi connectivity index (χ0v) is 11.9. The summed E-state index contributed by atoms with van der Waals surface area (Å²) in [6.07, 6.45) is -0.167. The van der Waals surface area contributed by atoms with Gasteiger partial charge in [0.25, 0.3) is 0 Å². The highest BCUT2D eigenvalue weighted by atomic mass is 35.5. The summed E-state index contributed by atoms with van der Waals surface area (Å²) >= 11 is 7.63. The van der Waals surface area contributed by atoms with Gasteiger partial charge in [0.1, 0.15) is 5.37 Å². The fourth-order valence-corrected chi connectivity index (χ4v) is 3.68. The highest BCUT2D eigenvalue weighted by Crippen LogP contribution is 2.44. The van der Waals surface area contributed by atoms with Crippen LogP contribution in [0.4, 0.5) is 0 Å². The molecule has 1 aromatic carbocycles. The maximum absolute atomic E-state index is 12.1. The van der Waals surface area contributed by atoms with Crippen molar-refractivity contribution in [3.63, 3.8) is 0 Å². The van der Waals surface area contributed by atoms with E-state index >= 15 is 0 Å². The average molecular weight is 299 g/mol. The first-order valence-electron chi connectivity index (χ1n) is 5.91. The maximum atomic E-state index is 12.1. The molecule has 19 heavy (non-hydrogen) atoms. The van der Waals surface area contributed by atoms with Crippen molar-refractivity contribution in [1.29, 1.82) is 0 Å². The lowest BCUT2D eigenvalue weighted by atomic mass is 10.2. The molecule has 102 valence electrons. The first-order valence-corrected chi connectivity index (χ1v) is 7.23. The smallest absolute Gasteiger partial charge is 0.236 e. The summed E-state index contributed by atoms with van der Waals surface area (Å²) in [4.78, 5) is 24.2. The Kier molecular flexibility index (Phi) is 4.37. The van der Waals surface area contributed by atoms with Gasteiger partial charge in [-0.25, -0.2) is 0 Å². The molecule has 1 heterocycles. The molecule has 1 fully saturated rings. The van der Waals surface area contributed by atoms with Gasteiger partial charge in [-0.2, -0.15) is 0 Å². The van der Waals surface area contributed by atoms with Crippen LogP contribution in [0.25, 0.3) is 0 Å². The Morgan fingerprint density at radius 1 is 1.47 bits per heavy atom. The zero-order valence-electron chi connectivity index (χ0n) is 10.3. The number of halogens is 1. The van der Waals surface area contributed by atoms with Crippen LogP contribution in [0.5, 0.6) is 0 Å². The third kappa shape index (κ3) is 3.04. The van der Waals surface area contributed by atoms with Gasteiger partial charge in [-0.15, -0.1) is 11.8 Å². The Morgan fingerprint density at radius 3 is 2.79 bits per heavy atom. The number of benzene rings is 1. The van der Waals surface area contributed by atoms with Gasteiger partial charge in [0.15, 0.2) is 0 Å². The zero-order chi connectivity index (χ0) is 14.0. The molecule has 2 atom stereocenters. The van der Waals surface area contributed by atoms with Crippen LogP contribution in [-0.4, -0.2) is 28.6 Å². The standard InChI is InChI=1S/C13H14ClNO3S/c1-8-12(18)15(7-6-11(16)17)13(19-8)9-4-2-3-5-10(9)14/h2-5,8,13H,6-7H2,1H3,(H,16,17)/p-1/t8-,13-/m1/s1. The number of carbonyl (C=O) groups is 2. The number of rotatable bonds is 4. The van der Waals surface area contributed by atoms with Crippen LogP contribution in [0.3, 0.4) is 0 Å². The largest absolute Gasteiger partial charge is 0.550 e. The van der Waals surface area contributed by atoms with E-state index in [1.807, 2.05) is 25.1 Å². The molecule has 0 aromatic heterocycles. The average Bonchev–Trinajstić information content (AvgIpc) is 2.64. The van der Waals surface area contributed by atoms with E-state index in [1.165, 1.54) is 11.8 Å². The molecule has 0 radical (unpaired) electrons. The summed E-state index contributed by atoms with van der Waals surface area (Å²) in [5.41, 5.74) is 0.838. The fraction of sp³-hybridized carbons (Fsp3) is 0.385. The minimum absolute atomic E-state index is 0.0591. The van der Waals surface area contributed by atoms with Gasteiger partial charge in [-0.3, -0.25) is 4.79 Å². The first-order chi connectivity index (χ1) is 9.00. The summed E-state index contributed by atoms with van der Waals surface area (Å²) < 4.78 is 0. The van der Waals surface area contributed by atoms with Crippen LogP contribution < -0.4 is 5.11 Å². The van der Waals surface area contributed by atoms with Gasteiger partial charge >= 0.3 is 0 Å². The SMILES string of the molecule is C[C@H]1S[C@H](c2ccccc2Cl)N(CCC(=O)[O-])C1=O. The van der Waals surface area contributed by atoms with E-state index in [9.17, 15) is 14.7 Å². The van der Waals surface area contributed by atoms with Gasteiger partial charge in [0, 0.05) is 29.5 Å². The predicted molar refractivity (Wildman–Crippen MR) is 72.6 cm³/mol. The van der Waals surface area contributed by atoms with Crippen molar-refractivity contribution in [2.75, 3.05) is 6.54 Å². The quantitative estimate of drug-likeness (QED) is 0.844. The molecule has 0 N–H and O–H groups in total. The highest BCUT2D eigenvalue weighted by molar-refractivity contribution is 8.01. The molecule has 1 saturated heterocycles. The van der Waals surface area contributed by atoms with Crippen molar-refractivity contribution < 1.29 is 14.7 Å². The fourth-order valence-electron chi connectivity index (χ4n) is 2.03. The predicted octanol–water partition coefficient (Wildman–Crippen LogP) is 1.44. The number of nitrogens with zero attached hydrogens (tertiary/aromatic N) is 1. The summed E-state index contributed by atoms with van der Waals surface area (Å²) in [6.45, 7) is 1.96. The third-order valence-electron chi connectivity index (χ3n) is 2.98. The molecule has 1 aliphatic heterocycles. The maximum Gasteiger partial charge on any atom is 0.236 e. The molecule has 0 saturated carbocycles. The molecule has 0 bridgehead atoms. The molecule has 1 amide bonds. The molecule has 6 heteroatoms. The minimum atomic E-state index is -1.16. The Balaban J connectivity index is 2.25. The Labute approximate surface area is 120 Å². The Bertz CT molecular complexity index is 508. The molecule has 0 unspecified atom stereocenters. The van der Waals surface area contributed by atoms with Crippen molar-refractivity contribution >= 4 is 35.2 Å². The van der Waals surface area contributed by atoms with Crippen LogP contribution in [0.1, 0.15) is 24.3 Å². The number of amides is 1. The lowest BCUT2D eigenvalue weighted by Crippen LogP contribution is -2.35. The molecule has 1 aromatic rings. The molecule has 4 nitrogen and oxygen atoms in total. The van der Waals surface area contributed by atoms with Crippen molar-refractivity contribution in [3.05, 3.63) is 34.9 Å². The van der Waals surface area contributed by atoms with E-state index < -0.39 is 5.97 Å². The summed E-state index contributed by atoms with van der Waals surface area (Å²) in [6, 6.07) is 7.30. The molecule has 2 rings (SSSR count). The number of hydrogen-bond donors (Lipinski definition) is 0. The van der Waals surface area contributed by atoms with E-state index in [2.05, 4.69) is 0 Å². The lowest BCUT2D eigenvalue weighted by molar-refractivity contribution is -0.305. The second-order valence-corrected chi connectivity index (χ2v) is 6.14. The molecule has 0 aliphatic carbocycles. The minimum Gasteiger partial charge on any atom is -0.550 e. The molecule has 1 aliphatic rings. The number of carboxylic acid groups (broad SMARTS) is 1. The number of carbonyl (C=O) groups excluding carboxylic acids is 2. The van der Waals surface area contributed by atoms with Gasteiger partial charge in [-0.1, -0.05) is 29.8 Å². The third-order valence-corrected chi connectivity index (χ3v) is 4.70. The normalized spacial score (nSPS) is 22.8. The summed E-state index contributed by atoms with van der Waals surface area (Å²) in [5.74, 6) is -1.22. The number of thioether (sulfide) groups is 1. The van der Waals surface area contributed by atoms with Gasteiger partial charge in [-0.05, 0) is 13.0 Å². The number of hydrogen-bond acceptors (Lipinski definition) is 4. The topological polar surface area (TPSA) is 60.4 Å².